The highest BCUT2D eigenvalue weighted by atomic mass is 79.9. The fourth-order valence-electron chi connectivity index (χ4n) is 1.25. The smallest absolute Gasteiger partial charge is 0.410 e. The number of nitrogens with zero attached hydrogens (tertiary/aromatic N) is 1. The Hall–Kier alpha value is -0.510. The Bertz CT molecular complexity index is 255. The summed E-state index contributed by atoms with van der Waals surface area (Å²) in [4.78, 5) is 15.2. The van der Waals surface area contributed by atoms with Crippen LogP contribution in [0.4, 0.5) is 4.79 Å². The quantitative estimate of drug-likeness (QED) is 0.671. The highest BCUT2D eigenvalue weighted by Gasteiger charge is 2.26. The Morgan fingerprint density at radius 3 is 2.64 bits per heavy atom. The molecule has 0 aromatic heterocycles. The van der Waals surface area contributed by atoms with Crippen molar-refractivity contribution in [2.24, 2.45) is 0 Å². The molecule has 1 heterocycles. The number of hydrogen-bond donors (Lipinski definition) is 0. The van der Waals surface area contributed by atoms with E-state index in [0.29, 0.717) is 6.54 Å². The van der Waals surface area contributed by atoms with Crippen LogP contribution in [-0.4, -0.2) is 29.7 Å². The molecule has 0 aliphatic carbocycles. The summed E-state index contributed by atoms with van der Waals surface area (Å²) in [6, 6.07) is 0. The van der Waals surface area contributed by atoms with Crippen LogP contribution >= 0.6 is 15.9 Å². The third kappa shape index (κ3) is 3.33. The second-order valence-corrected chi connectivity index (χ2v) is 4.88. The van der Waals surface area contributed by atoms with Gasteiger partial charge in [0, 0.05) is 13.1 Å². The first kappa shape index (κ1) is 11.6. The van der Waals surface area contributed by atoms with Gasteiger partial charge in [0.25, 0.3) is 0 Å². The molecule has 0 aromatic carbocycles. The minimum atomic E-state index is -0.405. The Balaban J connectivity index is 2.48. The summed E-state index contributed by atoms with van der Waals surface area (Å²) in [5, 5.41) is 0. The second-order valence-electron chi connectivity index (χ2n) is 4.42. The van der Waals surface area contributed by atoms with Gasteiger partial charge in [-0.3, -0.25) is 0 Å². The van der Waals surface area contributed by atoms with Crippen LogP contribution in [0.5, 0.6) is 0 Å². The van der Waals surface area contributed by atoms with Gasteiger partial charge in [-0.2, -0.15) is 0 Å². The van der Waals surface area contributed by atoms with Crippen LogP contribution in [0.3, 0.4) is 0 Å². The molecule has 0 bridgehead atoms. The SMILES string of the molecule is CC(C)(C)OC(=O)N1CC/C(=C\Br)C1. The third-order valence-electron chi connectivity index (χ3n) is 1.90. The van der Waals surface area contributed by atoms with E-state index < -0.39 is 5.60 Å². The zero-order valence-electron chi connectivity index (χ0n) is 8.84. The number of ether oxygens (including phenoxy) is 1. The van der Waals surface area contributed by atoms with Crippen LogP contribution < -0.4 is 0 Å². The van der Waals surface area contributed by atoms with Crippen molar-refractivity contribution < 1.29 is 9.53 Å². The summed E-state index contributed by atoms with van der Waals surface area (Å²) in [6.07, 6.45) is 0.715. The molecule has 0 atom stereocenters. The van der Waals surface area contributed by atoms with Crippen molar-refractivity contribution in [3.05, 3.63) is 10.6 Å². The van der Waals surface area contributed by atoms with Crippen LogP contribution in [0.15, 0.2) is 10.6 Å². The van der Waals surface area contributed by atoms with Gasteiger partial charge in [0.15, 0.2) is 0 Å². The maximum absolute atomic E-state index is 11.6. The van der Waals surface area contributed by atoms with Crippen molar-refractivity contribution in [2.75, 3.05) is 13.1 Å². The predicted molar refractivity (Wildman–Crippen MR) is 59.4 cm³/mol. The summed E-state index contributed by atoms with van der Waals surface area (Å²) in [7, 11) is 0. The van der Waals surface area contributed by atoms with Crippen molar-refractivity contribution >= 4 is 22.0 Å². The van der Waals surface area contributed by atoms with E-state index >= 15 is 0 Å². The molecule has 1 rings (SSSR count). The van der Waals surface area contributed by atoms with Crippen molar-refractivity contribution in [1.29, 1.82) is 0 Å². The zero-order valence-corrected chi connectivity index (χ0v) is 10.4. The van der Waals surface area contributed by atoms with Gasteiger partial charge in [0.1, 0.15) is 5.60 Å². The van der Waals surface area contributed by atoms with E-state index in [0.717, 1.165) is 13.0 Å². The molecule has 14 heavy (non-hydrogen) atoms. The minimum absolute atomic E-state index is 0.221. The van der Waals surface area contributed by atoms with Gasteiger partial charge in [-0.1, -0.05) is 15.9 Å². The van der Waals surface area contributed by atoms with E-state index in [-0.39, 0.29) is 6.09 Å². The average molecular weight is 262 g/mol. The maximum atomic E-state index is 11.6. The Kier molecular flexibility index (Phi) is 3.59. The summed E-state index contributed by atoms with van der Waals surface area (Å²) in [5.41, 5.74) is 0.827. The van der Waals surface area contributed by atoms with E-state index in [1.807, 2.05) is 25.8 Å². The van der Waals surface area contributed by atoms with Gasteiger partial charge < -0.3 is 9.64 Å². The first-order valence-corrected chi connectivity index (χ1v) is 5.60. The summed E-state index contributed by atoms with van der Waals surface area (Å²) in [6.45, 7) is 7.07. The van der Waals surface area contributed by atoms with Crippen LogP contribution in [-0.2, 0) is 4.74 Å². The van der Waals surface area contributed by atoms with E-state index in [4.69, 9.17) is 4.74 Å². The Morgan fingerprint density at radius 2 is 2.21 bits per heavy atom. The van der Waals surface area contributed by atoms with Crippen molar-refractivity contribution in [2.45, 2.75) is 32.8 Å². The van der Waals surface area contributed by atoms with Gasteiger partial charge in [0.05, 0.1) is 0 Å². The molecular formula is C10H16BrNO2. The topological polar surface area (TPSA) is 29.5 Å². The first-order chi connectivity index (χ1) is 6.42. The Morgan fingerprint density at radius 1 is 1.57 bits per heavy atom. The lowest BCUT2D eigenvalue weighted by molar-refractivity contribution is 0.0299. The lowest BCUT2D eigenvalue weighted by atomic mass is 10.2. The number of amides is 1. The van der Waals surface area contributed by atoms with Gasteiger partial charge in [-0.05, 0) is 37.8 Å². The normalized spacial score (nSPS) is 20.3. The van der Waals surface area contributed by atoms with Crippen LogP contribution in [0, 0.1) is 0 Å². The molecule has 3 nitrogen and oxygen atoms in total. The van der Waals surface area contributed by atoms with Crippen molar-refractivity contribution in [3.8, 4) is 0 Å². The van der Waals surface area contributed by atoms with Crippen molar-refractivity contribution in [1.82, 2.24) is 4.90 Å². The first-order valence-electron chi connectivity index (χ1n) is 4.68. The number of halogens is 1. The monoisotopic (exact) mass is 261 g/mol. The number of rotatable bonds is 0. The van der Waals surface area contributed by atoms with Crippen LogP contribution in [0.25, 0.3) is 0 Å². The van der Waals surface area contributed by atoms with Gasteiger partial charge in [0.2, 0.25) is 0 Å². The summed E-state index contributed by atoms with van der Waals surface area (Å²) in [5.74, 6) is 0. The summed E-state index contributed by atoms with van der Waals surface area (Å²) >= 11 is 3.27. The van der Waals surface area contributed by atoms with E-state index in [1.54, 1.807) is 4.90 Å². The van der Waals surface area contributed by atoms with E-state index in [9.17, 15) is 4.79 Å². The predicted octanol–water partition coefficient (Wildman–Crippen LogP) is 2.91. The molecule has 0 unspecified atom stereocenters. The minimum Gasteiger partial charge on any atom is -0.444 e. The lowest BCUT2D eigenvalue weighted by Gasteiger charge is -2.23. The molecule has 0 N–H and O–H groups in total. The van der Waals surface area contributed by atoms with Gasteiger partial charge >= 0.3 is 6.09 Å². The van der Waals surface area contributed by atoms with E-state index in [2.05, 4.69) is 15.9 Å². The molecule has 4 heteroatoms. The van der Waals surface area contributed by atoms with Gasteiger partial charge in [-0.15, -0.1) is 0 Å². The van der Waals surface area contributed by atoms with Crippen molar-refractivity contribution in [3.63, 3.8) is 0 Å². The molecule has 0 radical (unpaired) electrons. The highest BCUT2D eigenvalue weighted by Crippen LogP contribution is 2.19. The number of hydrogen-bond acceptors (Lipinski definition) is 2. The number of carbonyl (C=O) groups is 1. The fourth-order valence-corrected chi connectivity index (χ4v) is 1.63. The van der Waals surface area contributed by atoms with E-state index in [1.165, 1.54) is 5.57 Å². The highest BCUT2D eigenvalue weighted by molar-refractivity contribution is 9.11. The molecule has 80 valence electrons. The van der Waals surface area contributed by atoms with Crippen LogP contribution in [0.2, 0.25) is 0 Å². The average Bonchev–Trinajstić information content (AvgIpc) is 2.48. The molecule has 1 aliphatic heterocycles. The number of carbonyl (C=O) groups excluding carboxylic acids is 1. The lowest BCUT2D eigenvalue weighted by Crippen LogP contribution is -2.34. The third-order valence-corrected chi connectivity index (χ3v) is 2.55. The Labute approximate surface area is 93.2 Å². The van der Waals surface area contributed by atoms with Crippen LogP contribution in [0.1, 0.15) is 27.2 Å². The second kappa shape index (κ2) is 4.34. The fraction of sp³-hybridized carbons (Fsp3) is 0.700. The molecule has 0 aromatic rings. The standard InChI is InChI=1S/C10H16BrNO2/c1-10(2,3)14-9(13)12-5-4-8(6-11)7-12/h6H,4-5,7H2,1-3H3/b8-6+. The summed E-state index contributed by atoms with van der Waals surface area (Å²) < 4.78 is 5.26. The molecular weight excluding hydrogens is 246 g/mol. The maximum Gasteiger partial charge on any atom is 0.410 e. The molecule has 1 fully saturated rings. The molecule has 1 amide bonds. The molecule has 1 saturated heterocycles. The van der Waals surface area contributed by atoms with Gasteiger partial charge in [-0.25, -0.2) is 4.79 Å². The molecule has 0 saturated carbocycles. The molecule has 1 aliphatic rings. The number of likely N-dealkylation sites (tertiary alicyclic amines) is 1. The molecule has 0 spiro atoms. The zero-order chi connectivity index (χ0) is 10.8. The largest absolute Gasteiger partial charge is 0.444 e.